The average molecular weight is 836 g/mol. The number of hydrogen-bond donors (Lipinski definition) is 0. The molecule has 2 aliphatic carbocycles. The molecule has 306 valence electrons. The number of benzene rings is 12. The number of fused-ring (bicyclic) bond motifs is 10. The highest BCUT2D eigenvalue weighted by molar-refractivity contribution is 6.16. The average Bonchev–Trinajstić information content (AvgIpc) is 3.39. The summed E-state index contributed by atoms with van der Waals surface area (Å²) in [6, 6.07) is 93.1. The Morgan fingerprint density at radius 3 is 1.61 bits per heavy atom. The molecule has 0 radical (unpaired) electrons. The summed E-state index contributed by atoms with van der Waals surface area (Å²) in [6.07, 6.45) is 0. The van der Waals surface area contributed by atoms with Gasteiger partial charge in [-0.25, -0.2) is 0 Å². The number of nitrogens with zero attached hydrogens (tertiary/aromatic N) is 1. The number of hydrogen-bond acceptors (Lipinski definition) is 1. The van der Waals surface area contributed by atoms with E-state index in [1.165, 1.54) is 110 Å². The molecule has 14 rings (SSSR count). The van der Waals surface area contributed by atoms with Crippen LogP contribution in [0, 0.1) is 0 Å². The van der Waals surface area contributed by atoms with Gasteiger partial charge in [-0.1, -0.05) is 218 Å². The summed E-state index contributed by atoms with van der Waals surface area (Å²) >= 11 is 0. The topological polar surface area (TPSA) is 3.24 Å². The first-order valence-corrected chi connectivity index (χ1v) is 23.0. The zero-order chi connectivity index (χ0) is 43.3. The molecule has 66 heavy (non-hydrogen) atoms. The standard InChI is InChI=1S/C65H41N/c1-3-17-42(18-4-1)48-35-36-51-53-37-38-61(66(60-34-15-24-43-21-9-10-27-49(43)60)62-41-47-23-8-7-22-46(47)39-55(62)44-19-5-2-6-20-44)54-30-16-33-58(64(53)54)65(59(51)40-48)56-31-12-11-28-50(56)52-29-13-25-45-26-14-32-57(65)63(45)52/h1-41H. The van der Waals surface area contributed by atoms with E-state index >= 15 is 0 Å². The van der Waals surface area contributed by atoms with Crippen molar-refractivity contribution < 1.29 is 0 Å². The van der Waals surface area contributed by atoms with E-state index in [1.54, 1.807) is 0 Å². The third-order valence-corrected chi connectivity index (χ3v) is 14.6. The van der Waals surface area contributed by atoms with Gasteiger partial charge in [0.25, 0.3) is 0 Å². The van der Waals surface area contributed by atoms with Crippen LogP contribution in [0.4, 0.5) is 17.1 Å². The van der Waals surface area contributed by atoms with Crippen molar-refractivity contribution >= 4 is 60.2 Å². The normalized spacial score (nSPS) is 14.4. The maximum Gasteiger partial charge on any atom is 0.0726 e. The van der Waals surface area contributed by atoms with Crippen molar-refractivity contribution in [3.63, 3.8) is 0 Å². The van der Waals surface area contributed by atoms with Crippen molar-refractivity contribution in [2.75, 3.05) is 4.90 Å². The van der Waals surface area contributed by atoms with E-state index in [4.69, 9.17) is 0 Å². The Balaban J connectivity index is 1.15. The van der Waals surface area contributed by atoms with E-state index in [-0.39, 0.29) is 0 Å². The number of anilines is 3. The molecular weight excluding hydrogens is 795 g/mol. The lowest BCUT2D eigenvalue weighted by molar-refractivity contribution is 0.755. The van der Waals surface area contributed by atoms with E-state index in [0.717, 1.165) is 17.1 Å². The van der Waals surface area contributed by atoms with Crippen LogP contribution in [0.3, 0.4) is 0 Å². The zero-order valence-corrected chi connectivity index (χ0v) is 36.1. The molecule has 0 fully saturated rings. The summed E-state index contributed by atoms with van der Waals surface area (Å²) in [4.78, 5) is 2.56. The Labute approximate surface area is 384 Å². The summed E-state index contributed by atoms with van der Waals surface area (Å²) < 4.78 is 0. The van der Waals surface area contributed by atoms with Crippen molar-refractivity contribution in [2.24, 2.45) is 0 Å². The molecule has 1 heteroatoms. The van der Waals surface area contributed by atoms with Crippen molar-refractivity contribution in [1.29, 1.82) is 0 Å². The molecule has 2 aliphatic rings. The first-order valence-electron chi connectivity index (χ1n) is 23.0. The quantitative estimate of drug-likeness (QED) is 0.167. The van der Waals surface area contributed by atoms with Gasteiger partial charge in [0.05, 0.1) is 22.5 Å². The van der Waals surface area contributed by atoms with Crippen LogP contribution in [0.25, 0.3) is 87.6 Å². The third kappa shape index (κ3) is 5.17. The van der Waals surface area contributed by atoms with E-state index in [2.05, 4.69) is 254 Å². The highest BCUT2D eigenvalue weighted by atomic mass is 15.1. The Bertz CT molecular complexity index is 3930. The fourth-order valence-electron chi connectivity index (χ4n) is 11.9. The van der Waals surface area contributed by atoms with E-state index in [0.29, 0.717) is 0 Å². The lowest BCUT2D eigenvalue weighted by Crippen LogP contribution is -2.36. The summed E-state index contributed by atoms with van der Waals surface area (Å²) in [5.41, 5.74) is 18.0. The molecule has 0 aromatic heterocycles. The van der Waals surface area contributed by atoms with Gasteiger partial charge in [0.15, 0.2) is 0 Å². The smallest absolute Gasteiger partial charge is 0.0726 e. The van der Waals surface area contributed by atoms with E-state index < -0.39 is 5.41 Å². The van der Waals surface area contributed by atoms with Crippen LogP contribution in [-0.4, -0.2) is 0 Å². The largest absolute Gasteiger partial charge is 0.309 e. The van der Waals surface area contributed by atoms with Gasteiger partial charge < -0.3 is 4.90 Å². The highest BCUT2D eigenvalue weighted by Crippen LogP contribution is 2.62. The van der Waals surface area contributed by atoms with Crippen molar-refractivity contribution in [3.8, 4) is 44.5 Å². The Kier molecular flexibility index (Phi) is 7.97. The van der Waals surface area contributed by atoms with Crippen LogP contribution in [0.1, 0.15) is 22.3 Å². The molecule has 12 aromatic carbocycles. The second-order valence-corrected chi connectivity index (χ2v) is 17.9. The molecule has 0 heterocycles. The highest BCUT2D eigenvalue weighted by Gasteiger charge is 2.49. The van der Waals surface area contributed by atoms with Crippen LogP contribution in [0.15, 0.2) is 249 Å². The SMILES string of the molecule is c1ccc(-c2ccc3c(c2)C2(c4ccccc4-c4cccc5cccc2c45)c2cccc4c(N(c5cc6ccccc6cc5-c5ccccc5)c5cccc6ccccc56)ccc-3c24)cc1. The van der Waals surface area contributed by atoms with Gasteiger partial charge in [-0.15, -0.1) is 0 Å². The molecule has 0 saturated carbocycles. The second-order valence-electron chi connectivity index (χ2n) is 17.9. The van der Waals surface area contributed by atoms with Gasteiger partial charge in [0.1, 0.15) is 0 Å². The van der Waals surface area contributed by atoms with Gasteiger partial charge in [-0.3, -0.25) is 0 Å². The summed E-state index contributed by atoms with van der Waals surface area (Å²) in [5.74, 6) is 0. The van der Waals surface area contributed by atoms with Gasteiger partial charge in [0.2, 0.25) is 0 Å². The minimum absolute atomic E-state index is 0.627. The first kappa shape index (κ1) is 36.9. The van der Waals surface area contributed by atoms with Gasteiger partial charge in [-0.05, 0) is 124 Å². The minimum atomic E-state index is -0.627. The van der Waals surface area contributed by atoms with Gasteiger partial charge >= 0.3 is 0 Å². The van der Waals surface area contributed by atoms with Crippen molar-refractivity contribution in [2.45, 2.75) is 5.41 Å². The molecule has 0 N–H and O–H groups in total. The zero-order valence-electron chi connectivity index (χ0n) is 36.1. The Hall–Kier alpha value is -8.52. The number of rotatable bonds is 5. The fourth-order valence-corrected chi connectivity index (χ4v) is 11.9. The minimum Gasteiger partial charge on any atom is -0.309 e. The predicted octanol–water partition coefficient (Wildman–Crippen LogP) is 17.4. The van der Waals surface area contributed by atoms with Gasteiger partial charge in [0, 0.05) is 16.3 Å². The van der Waals surface area contributed by atoms with Crippen LogP contribution in [0.2, 0.25) is 0 Å². The summed E-state index contributed by atoms with van der Waals surface area (Å²) in [5, 5.41) is 9.91. The first-order chi connectivity index (χ1) is 32.8. The fraction of sp³-hybridized carbons (Fsp3) is 0.0154. The predicted molar refractivity (Wildman–Crippen MR) is 278 cm³/mol. The maximum absolute atomic E-state index is 2.56. The lowest BCUT2D eigenvalue weighted by atomic mass is 9.55. The molecule has 1 spiro atoms. The molecule has 1 unspecified atom stereocenters. The van der Waals surface area contributed by atoms with Crippen molar-refractivity contribution in [1.82, 2.24) is 0 Å². The Morgan fingerprint density at radius 1 is 0.242 bits per heavy atom. The van der Waals surface area contributed by atoms with Gasteiger partial charge in [-0.2, -0.15) is 0 Å². The Morgan fingerprint density at radius 2 is 0.773 bits per heavy atom. The molecular formula is C65H41N. The maximum atomic E-state index is 2.56. The molecule has 0 amide bonds. The van der Waals surface area contributed by atoms with Crippen LogP contribution >= 0.6 is 0 Å². The van der Waals surface area contributed by atoms with Crippen LogP contribution in [-0.2, 0) is 5.41 Å². The molecule has 1 nitrogen and oxygen atoms in total. The third-order valence-electron chi connectivity index (χ3n) is 14.6. The molecule has 0 saturated heterocycles. The second kappa shape index (κ2) is 14.2. The summed E-state index contributed by atoms with van der Waals surface area (Å²) in [6.45, 7) is 0. The van der Waals surface area contributed by atoms with Crippen LogP contribution < -0.4 is 4.90 Å². The van der Waals surface area contributed by atoms with E-state index in [1.807, 2.05) is 0 Å². The van der Waals surface area contributed by atoms with Crippen LogP contribution in [0.5, 0.6) is 0 Å². The monoisotopic (exact) mass is 835 g/mol. The van der Waals surface area contributed by atoms with E-state index in [9.17, 15) is 0 Å². The molecule has 1 atom stereocenters. The lowest BCUT2D eigenvalue weighted by Gasteiger charge is -2.46. The molecule has 0 aliphatic heterocycles. The molecule has 0 bridgehead atoms. The molecule has 12 aromatic rings. The van der Waals surface area contributed by atoms with Crippen molar-refractivity contribution in [3.05, 3.63) is 271 Å². The summed E-state index contributed by atoms with van der Waals surface area (Å²) in [7, 11) is 0.